The zero-order valence-electron chi connectivity index (χ0n) is 22.3. The highest BCUT2D eigenvalue weighted by atomic mass is 127. The van der Waals surface area contributed by atoms with Crippen LogP contribution in [-0.2, 0) is 16.2 Å². The van der Waals surface area contributed by atoms with E-state index in [2.05, 4.69) is 41.4 Å². The van der Waals surface area contributed by atoms with Crippen LogP contribution < -0.4 is 14.8 Å². The molecule has 1 aromatic carbocycles. The second-order valence-corrected chi connectivity index (χ2v) is 10.4. The van der Waals surface area contributed by atoms with Gasteiger partial charge in [0, 0.05) is 31.5 Å². The van der Waals surface area contributed by atoms with Crippen molar-refractivity contribution >= 4 is 34.4 Å². The summed E-state index contributed by atoms with van der Waals surface area (Å²) >= 11 is 2.07. The zero-order valence-corrected chi connectivity index (χ0v) is 24.5. The lowest BCUT2D eigenvalue weighted by Gasteiger charge is -2.41. The Labute approximate surface area is 239 Å². The van der Waals surface area contributed by atoms with Gasteiger partial charge in [0.1, 0.15) is 12.2 Å². The minimum absolute atomic E-state index is 0.0856. The van der Waals surface area contributed by atoms with Gasteiger partial charge >= 0.3 is 0 Å². The normalized spacial score (nSPS) is 18.9. The maximum atomic E-state index is 13.3. The molecule has 3 atom stereocenters. The van der Waals surface area contributed by atoms with E-state index >= 15 is 0 Å². The molecule has 1 aromatic rings. The minimum Gasteiger partial charge on any atom is -0.493 e. The number of aliphatic hydroxyl groups excluding tert-OH is 3. The molecule has 0 radical (unpaired) electrons. The number of halogens is 1. The van der Waals surface area contributed by atoms with Crippen LogP contribution >= 0.6 is 22.6 Å². The summed E-state index contributed by atoms with van der Waals surface area (Å²) in [7, 11) is 1.49. The van der Waals surface area contributed by atoms with E-state index in [1.165, 1.54) is 7.11 Å². The van der Waals surface area contributed by atoms with Crippen LogP contribution in [0.3, 0.4) is 0 Å². The van der Waals surface area contributed by atoms with Crippen molar-refractivity contribution < 1.29 is 34.4 Å². The molecule has 2 rings (SSSR count). The molecule has 2 amide bonds. The lowest BCUT2D eigenvalue weighted by atomic mass is 9.87. The molecule has 4 N–H and O–H groups in total. The molecule has 0 aliphatic heterocycles. The van der Waals surface area contributed by atoms with Gasteiger partial charge in [0.05, 0.1) is 29.9 Å². The maximum absolute atomic E-state index is 13.3. The highest BCUT2D eigenvalue weighted by Crippen LogP contribution is 2.37. The van der Waals surface area contributed by atoms with E-state index in [1.54, 1.807) is 29.2 Å². The lowest BCUT2D eigenvalue weighted by molar-refractivity contribution is -0.138. The van der Waals surface area contributed by atoms with E-state index in [-0.39, 0.29) is 44.4 Å². The molecule has 9 nitrogen and oxygen atoms in total. The van der Waals surface area contributed by atoms with Crippen LogP contribution in [0.4, 0.5) is 0 Å². The molecule has 0 aromatic heterocycles. The standard InChI is InChI=1S/C28H41IN2O7/c1-4-6-8-9-12-31(25(34)10-7-5-2)22-16-20(28(36)30-11-13-32)17-23(26(22)35)38-27-21(29)14-19(18-33)15-24(27)37-3/h5,14-15,17,22-23,26,32-33,35H,2,4,6-13,16,18H2,1,3H3,(H,30,36). The molecular weight excluding hydrogens is 603 g/mol. The van der Waals surface area contributed by atoms with Crippen LogP contribution in [0.1, 0.15) is 57.4 Å². The predicted molar refractivity (Wildman–Crippen MR) is 154 cm³/mol. The number of methoxy groups -OCH3 is 1. The number of hydrogen-bond donors (Lipinski definition) is 4. The molecule has 3 unspecified atom stereocenters. The van der Waals surface area contributed by atoms with Gasteiger partial charge in [0.25, 0.3) is 0 Å². The van der Waals surface area contributed by atoms with Crippen molar-refractivity contribution in [3.8, 4) is 11.5 Å². The van der Waals surface area contributed by atoms with E-state index in [1.807, 2.05) is 0 Å². The first-order valence-electron chi connectivity index (χ1n) is 13.1. The van der Waals surface area contributed by atoms with Gasteiger partial charge in [-0.05, 0) is 59.2 Å². The summed E-state index contributed by atoms with van der Waals surface area (Å²) in [6.07, 6.45) is 5.98. The molecule has 0 heterocycles. The highest BCUT2D eigenvalue weighted by Gasteiger charge is 2.40. The van der Waals surface area contributed by atoms with Crippen LogP contribution in [0.15, 0.2) is 36.4 Å². The van der Waals surface area contributed by atoms with Gasteiger partial charge in [-0.25, -0.2) is 0 Å². The number of nitrogens with zero attached hydrogens (tertiary/aromatic N) is 1. The summed E-state index contributed by atoms with van der Waals surface area (Å²) in [4.78, 5) is 27.9. The second kappa shape index (κ2) is 16.7. The van der Waals surface area contributed by atoms with E-state index in [9.17, 15) is 24.9 Å². The largest absolute Gasteiger partial charge is 0.493 e. The first-order chi connectivity index (χ1) is 18.3. The van der Waals surface area contributed by atoms with Crippen molar-refractivity contribution in [2.45, 2.75) is 76.7 Å². The van der Waals surface area contributed by atoms with Crippen molar-refractivity contribution in [2.75, 3.05) is 26.8 Å². The summed E-state index contributed by atoms with van der Waals surface area (Å²) in [5.74, 6) is 0.259. The van der Waals surface area contributed by atoms with Crippen molar-refractivity contribution in [3.05, 3.63) is 45.6 Å². The number of ether oxygens (including phenoxy) is 2. The molecule has 38 heavy (non-hydrogen) atoms. The number of hydrogen-bond acceptors (Lipinski definition) is 7. The van der Waals surface area contributed by atoms with Gasteiger partial charge in [-0.15, -0.1) is 6.58 Å². The zero-order chi connectivity index (χ0) is 28.1. The molecule has 0 spiro atoms. The fourth-order valence-electron chi connectivity index (χ4n) is 4.45. The average Bonchev–Trinajstić information content (AvgIpc) is 2.92. The third-order valence-corrected chi connectivity index (χ3v) is 7.28. The summed E-state index contributed by atoms with van der Waals surface area (Å²) in [6.45, 7) is 6.00. The Morgan fingerprint density at radius 1 is 1.26 bits per heavy atom. The van der Waals surface area contributed by atoms with Gasteiger partial charge < -0.3 is 35.0 Å². The number of aliphatic hydroxyl groups is 3. The van der Waals surface area contributed by atoms with E-state index < -0.39 is 18.2 Å². The number of rotatable bonds is 16. The fourth-order valence-corrected chi connectivity index (χ4v) is 5.24. The Balaban J connectivity index is 2.46. The van der Waals surface area contributed by atoms with Gasteiger partial charge in [-0.3, -0.25) is 9.59 Å². The number of carbonyl (C=O) groups excluding carboxylic acids is 2. The number of carbonyl (C=O) groups is 2. The molecule has 1 aliphatic carbocycles. The Kier molecular flexibility index (Phi) is 14.1. The van der Waals surface area contributed by atoms with Crippen LogP contribution in [0.2, 0.25) is 0 Å². The van der Waals surface area contributed by atoms with Crippen molar-refractivity contribution in [1.82, 2.24) is 10.2 Å². The number of unbranched alkanes of at least 4 members (excludes halogenated alkanes) is 3. The van der Waals surface area contributed by atoms with Crippen LogP contribution in [0.5, 0.6) is 11.5 Å². The molecule has 212 valence electrons. The summed E-state index contributed by atoms with van der Waals surface area (Å²) in [5.41, 5.74) is 1.01. The third-order valence-electron chi connectivity index (χ3n) is 6.48. The van der Waals surface area contributed by atoms with E-state index in [4.69, 9.17) is 9.47 Å². The van der Waals surface area contributed by atoms with Gasteiger partial charge in [0.2, 0.25) is 11.8 Å². The summed E-state index contributed by atoms with van der Waals surface area (Å²) in [5, 5.41) is 32.9. The molecule has 1 aliphatic rings. The summed E-state index contributed by atoms with van der Waals surface area (Å²) in [6, 6.07) is 2.73. The first kappa shape index (κ1) is 32.1. The average molecular weight is 645 g/mol. The molecule has 0 saturated heterocycles. The first-order valence-corrected chi connectivity index (χ1v) is 14.2. The molecule has 0 saturated carbocycles. The molecule has 0 bridgehead atoms. The highest BCUT2D eigenvalue weighted by molar-refractivity contribution is 14.1. The Morgan fingerprint density at radius 2 is 2.03 bits per heavy atom. The Hall–Kier alpha value is -2.15. The Bertz CT molecular complexity index is 969. The number of allylic oxidation sites excluding steroid dienone is 1. The molecular formula is C28H41IN2O7. The van der Waals surface area contributed by atoms with Gasteiger partial charge in [-0.2, -0.15) is 0 Å². The predicted octanol–water partition coefficient (Wildman–Crippen LogP) is 3.08. The number of benzene rings is 1. The topological polar surface area (TPSA) is 129 Å². The fraction of sp³-hybridized carbons (Fsp3) is 0.571. The number of nitrogens with one attached hydrogen (secondary N) is 1. The van der Waals surface area contributed by atoms with Crippen LogP contribution in [0, 0.1) is 3.57 Å². The van der Waals surface area contributed by atoms with Crippen LogP contribution in [-0.4, -0.2) is 77.1 Å². The van der Waals surface area contributed by atoms with Gasteiger partial charge in [-0.1, -0.05) is 32.3 Å². The van der Waals surface area contributed by atoms with Crippen LogP contribution in [0.25, 0.3) is 0 Å². The molecule has 10 heteroatoms. The van der Waals surface area contributed by atoms with Gasteiger partial charge in [0.15, 0.2) is 11.5 Å². The third kappa shape index (κ3) is 8.96. The van der Waals surface area contributed by atoms with Crippen molar-refractivity contribution in [1.29, 1.82) is 0 Å². The summed E-state index contributed by atoms with van der Waals surface area (Å²) < 4.78 is 12.4. The van der Waals surface area contributed by atoms with Crippen molar-refractivity contribution in [2.24, 2.45) is 0 Å². The minimum atomic E-state index is -1.11. The van der Waals surface area contributed by atoms with E-state index in [0.29, 0.717) is 39.2 Å². The second-order valence-electron chi connectivity index (χ2n) is 9.26. The Morgan fingerprint density at radius 3 is 2.66 bits per heavy atom. The SMILES string of the molecule is C=CCCC(=O)N(CCCCCC)C1CC(C(=O)NCCO)=CC(Oc2c(I)cc(CO)cc2OC)C1O. The van der Waals surface area contributed by atoms with E-state index in [0.717, 1.165) is 25.7 Å². The quantitative estimate of drug-likeness (QED) is 0.124. The molecule has 0 fully saturated rings. The smallest absolute Gasteiger partial charge is 0.247 e. The lowest BCUT2D eigenvalue weighted by Crippen LogP contribution is -2.55. The van der Waals surface area contributed by atoms with Crippen molar-refractivity contribution in [3.63, 3.8) is 0 Å². The number of amides is 2. The monoisotopic (exact) mass is 644 g/mol. The maximum Gasteiger partial charge on any atom is 0.247 e.